The Bertz CT molecular complexity index is 997. The number of rotatable bonds is 5. The maximum absolute atomic E-state index is 4.77. The first-order valence-electron chi connectivity index (χ1n) is 9.01. The van der Waals surface area contributed by atoms with Gasteiger partial charge in [-0.1, -0.05) is 84.5 Å². The van der Waals surface area contributed by atoms with Gasteiger partial charge in [-0.2, -0.15) is 5.10 Å². The van der Waals surface area contributed by atoms with Crippen molar-refractivity contribution in [2.24, 2.45) is 11.0 Å². The van der Waals surface area contributed by atoms with Crippen molar-refractivity contribution in [2.45, 2.75) is 13.3 Å². The molecule has 1 N–H and O–H groups in total. The summed E-state index contributed by atoms with van der Waals surface area (Å²) in [5, 5.41) is 7.23. The molecule has 0 saturated carbocycles. The van der Waals surface area contributed by atoms with Crippen molar-refractivity contribution in [3.63, 3.8) is 0 Å². The van der Waals surface area contributed by atoms with E-state index < -0.39 is 0 Å². The van der Waals surface area contributed by atoms with Crippen LogP contribution in [0, 0.1) is 5.92 Å². The van der Waals surface area contributed by atoms with Crippen LogP contribution in [0.4, 0.5) is 5.69 Å². The minimum atomic E-state index is 0.423. The third-order valence-corrected chi connectivity index (χ3v) is 4.88. The van der Waals surface area contributed by atoms with E-state index >= 15 is 0 Å². The van der Waals surface area contributed by atoms with Crippen molar-refractivity contribution in [3.8, 4) is 0 Å². The Labute approximate surface area is 154 Å². The van der Waals surface area contributed by atoms with Crippen molar-refractivity contribution in [2.75, 3.05) is 5.43 Å². The zero-order valence-electron chi connectivity index (χ0n) is 14.9. The van der Waals surface area contributed by atoms with Crippen molar-refractivity contribution in [1.82, 2.24) is 0 Å². The Morgan fingerprint density at radius 3 is 2.46 bits per heavy atom. The first-order chi connectivity index (χ1) is 12.8. The SMILES string of the molecule is CC1=CC=CC1CC(=NNc1ccc2ccccc2c1)c1ccccc1. The molecule has 0 radical (unpaired) electrons. The molecule has 1 atom stereocenters. The fourth-order valence-corrected chi connectivity index (χ4v) is 3.30. The highest BCUT2D eigenvalue weighted by atomic mass is 15.3. The van der Waals surface area contributed by atoms with Crippen LogP contribution in [0.15, 0.2) is 102 Å². The van der Waals surface area contributed by atoms with Gasteiger partial charge in [-0.15, -0.1) is 0 Å². The van der Waals surface area contributed by atoms with E-state index in [0.29, 0.717) is 5.92 Å². The average molecular weight is 338 g/mol. The lowest BCUT2D eigenvalue weighted by molar-refractivity contribution is 0.813. The van der Waals surface area contributed by atoms with Gasteiger partial charge in [-0.3, -0.25) is 5.43 Å². The Morgan fingerprint density at radius 1 is 0.923 bits per heavy atom. The van der Waals surface area contributed by atoms with Gasteiger partial charge in [0.15, 0.2) is 0 Å². The van der Waals surface area contributed by atoms with Gasteiger partial charge >= 0.3 is 0 Å². The van der Waals surface area contributed by atoms with Gasteiger partial charge in [-0.25, -0.2) is 0 Å². The number of nitrogens with one attached hydrogen (secondary N) is 1. The van der Waals surface area contributed by atoms with Crippen LogP contribution in [-0.4, -0.2) is 5.71 Å². The predicted octanol–water partition coefficient (Wildman–Crippen LogP) is 6.18. The zero-order valence-corrected chi connectivity index (χ0v) is 14.9. The summed E-state index contributed by atoms with van der Waals surface area (Å²) >= 11 is 0. The molecule has 0 amide bonds. The molecular formula is C24H22N2. The molecule has 3 aromatic rings. The van der Waals surface area contributed by atoms with Crippen LogP contribution in [0.3, 0.4) is 0 Å². The molecule has 4 rings (SSSR count). The Hall–Kier alpha value is -3.13. The number of fused-ring (bicyclic) bond motifs is 1. The summed E-state index contributed by atoms with van der Waals surface area (Å²) in [4.78, 5) is 0. The topological polar surface area (TPSA) is 24.4 Å². The fraction of sp³-hybridized carbons (Fsp3) is 0.125. The lowest BCUT2D eigenvalue weighted by Gasteiger charge is -2.14. The molecule has 1 aliphatic rings. The number of nitrogens with zero attached hydrogens (tertiary/aromatic N) is 1. The second-order valence-corrected chi connectivity index (χ2v) is 6.70. The standard InChI is InChI=1S/C24H22N2/c1-18-8-7-13-21(18)17-24(20-10-3-2-4-11-20)26-25-23-15-14-19-9-5-6-12-22(19)16-23/h2-16,21,25H,17H2,1H3. The molecular weight excluding hydrogens is 316 g/mol. The smallest absolute Gasteiger partial charge is 0.0688 e. The highest BCUT2D eigenvalue weighted by molar-refractivity contribution is 6.01. The number of allylic oxidation sites excluding steroid dienone is 4. The molecule has 3 aromatic carbocycles. The molecule has 0 fully saturated rings. The third-order valence-electron chi connectivity index (χ3n) is 4.88. The molecule has 0 heterocycles. The van der Waals surface area contributed by atoms with Gasteiger partial charge in [0.1, 0.15) is 0 Å². The predicted molar refractivity (Wildman–Crippen MR) is 112 cm³/mol. The van der Waals surface area contributed by atoms with E-state index in [-0.39, 0.29) is 0 Å². The molecule has 0 aromatic heterocycles. The Morgan fingerprint density at radius 2 is 1.69 bits per heavy atom. The summed E-state index contributed by atoms with van der Waals surface area (Å²) in [6, 6.07) is 25.1. The van der Waals surface area contributed by atoms with Gasteiger partial charge < -0.3 is 0 Å². The maximum atomic E-state index is 4.77. The maximum Gasteiger partial charge on any atom is 0.0688 e. The number of anilines is 1. The van der Waals surface area contributed by atoms with E-state index in [0.717, 1.165) is 23.4 Å². The zero-order chi connectivity index (χ0) is 17.8. The van der Waals surface area contributed by atoms with Gasteiger partial charge in [0.05, 0.1) is 11.4 Å². The molecule has 0 aliphatic heterocycles. The summed E-state index contributed by atoms with van der Waals surface area (Å²) < 4.78 is 0. The van der Waals surface area contributed by atoms with Crippen LogP contribution >= 0.6 is 0 Å². The minimum Gasteiger partial charge on any atom is -0.278 e. The Balaban J connectivity index is 1.61. The summed E-state index contributed by atoms with van der Waals surface area (Å²) in [5.41, 5.74) is 7.90. The number of benzene rings is 3. The summed E-state index contributed by atoms with van der Waals surface area (Å²) in [6.45, 7) is 2.18. The minimum absolute atomic E-state index is 0.423. The van der Waals surface area contributed by atoms with Crippen molar-refractivity contribution in [1.29, 1.82) is 0 Å². The van der Waals surface area contributed by atoms with Crippen LogP contribution < -0.4 is 5.43 Å². The third kappa shape index (κ3) is 3.60. The first-order valence-corrected chi connectivity index (χ1v) is 9.01. The highest BCUT2D eigenvalue weighted by Crippen LogP contribution is 2.25. The second kappa shape index (κ2) is 7.40. The number of hydrazone groups is 1. The van der Waals surface area contributed by atoms with E-state index in [1.807, 2.05) is 6.07 Å². The molecule has 0 saturated heterocycles. The van der Waals surface area contributed by atoms with Crippen molar-refractivity contribution in [3.05, 3.63) is 102 Å². The van der Waals surface area contributed by atoms with E-state index in [2.05, 4.69) is 97.3 Å². The molecule has 26 heavy (non-hydrogen) atoms. The quantitative estimate of drug-likeness (QED) is 0.436. The molecule has 2 heteroatoms. The van der Waals surface area contributed by atoms with Crippen molar-refractivity contribution < 1.29 is 0 Å². The normalized spacial score (nSPS) is 16.7. The summed E-state index contributed by atoms with van der Waals surface area (Å²) in [5.74, 6) is 0.423. The van der Waals surface area contributed by atoms with Crippen LogP contribution in [0.1, 0.15) is 18.9 Å². The summed E-state index contributed by atoms with van der Waals surface area (Å²) in [7, 11) is 0. The van der Waals surface area contributed by atoms with E-state index in [4.69, 9.17) is 5.10 Å². The highest BCUT2D eigenvalue weighted by Gasteiger charge is 2.15. The fourth-order valence-electron chi connectivity index (χ4n) is 3.30. The van der Waals surface area contributed by atoms with E-state index in [1.165, 1.54) is 16.3 Å². The van der Waals surface area contributed by atoms with Crippen molar-refractivity contribution >= 4 is 22.2 Å². The van der Waals surface area contributed by atoms with Gasteiger partial charge in [0, 0.05) is 12.3 Å². The molecule has 1 aliphatic carbocycles. The lowest BCUT2D eigenvalue weighted by Crippen LogP contribution is -2.10. The van der Waals surface area contributed by atoms with Crippen LogP contribution in [-0.2, 0) is 0 Å². The monoisotopic (exact) mass is 338 g/mol. The first kappa shape index (κ1) is 16.3. The van der Waals surface area contributed by atoms with Gasteiger partial charge in [0.2, 0.25) is 0 Å². The van der Waals surface area contributed by atoms with Gasteiger partial charge in [0.25, 0.3) is 0 Å². The average Bonchev–Trinajstić information content (AvgIpc) is 3.10. The van der Waals surface area contributed by atoms with Gasteiger partial charge in [-0.05, 0) is 35.4 Å². The molecule has 2 nitrogen and oxygen atoms in total. The number of hydrogen-bond donors (Lipinski definition) is 1. The number of hydrogen-bond acceptors (Lipinski definition) is 2. The molecule has 1 unspecified atom stereocenters. The largest absolute Gasteiger partial charge is 0.278 e. The molecule has 0 spiro atoms. The molecule has 0 bridgehead atoms. The van der Waals surface area contributed by atoms with Crippen LogP contribution in [0.2, 0.25) is 0 Å². The van der Waals surface area contributed by atoms with E-state index in [9.17, 15) is 0 Å². The lowest BCUT2D eigenvalue weighted by atomic mass is 9.94. The Kier molecular flexibility index (Phi) is 4.65. The van der Waals surface area contributed by atoms with Crippen LogP contribution in [0.5, 0.6) is 0 Å². The van der Waals surface area contributed by atoms with Crippen LogP contribution in [0.25, 0.3) is 10.8 Å². The second-order valence-electron chi connectivity index (χ2n) is 6.70. The van der Waals surface area contributed by atoms with E-state index in [1.54, 1.807) is 0 Å². The summed E-state index contributed by atoms with van der Waals surface area (Å²) in [6.07, 6.45) is 7.47. The molecule has 128 valence electrons.